The number of aliphatic hydroxyl groups excluding tert-OH is 2. The first-order valence-corrected chi connectivity index (χ1v) is 4.67. The summed E-state index contributed by atoms with van der Waals surface area (Å²) in [5.41, 5.74) is 0. The summed E-state index contributed by atoms with van der Waals surface area (Å²) in [6.45, 7) is -0.992. The Morgan fingerprint density at radius 2 is 1.94 bits per heavy atom. The minimum Gasteiger partial charge on any atom is -0.460 e. The van der Waals surface area contributed by atoms with Crippen molar-refractivity contribution in [2.75, 3.05) is 19.8 Å². The summed E-state index contributed by atoms with van der Waals surface area (Å²) in [5.74, 6) is -1.69. The lowest BCUT2D eigenvalue weighted by atomic mass is 10.3. The highest BCUT2D eigenvalue weighted by molar-refractivity contribution is 5.81. The van der Waals surface area contributed by atoms with Gasteiger partial charge in [-0.1, -0.05) is 0 Å². The van der Waals surface area contributed by atoms with Crippen LogP contribution in [0.3, 0.4) is 0 Å². The number of carbonyl (C=O) groups is 3. The number of esters is 2. The van der Waals surface area contributed by atoms with Gasteiger partial charge in [0.2, 0.25) is 6.10 Å². The summed E-state index contributed by atoms with van der Waals surface area (Å²) in [6, 6.07) is 0. The third-order valence-electron chi connectivity index (χ3n) is 1.50. The van der Waals surface area contributed by atoms with Crippen molar-refractivity contribution in [3.05, 3.63) is 0 Å². The SMILES string of the molecule is O=CCC(OC(=O)CCO)C(=O)OCCO. The average Bonchev–Trinajstić information content (AvgIpc) is 2.25. The number of hydrogen-bond donors (Lipinski definition) is 2. The Balaban J connectivity index is 4.18. The number of rotatable bonds is 8. The van der Waals surface area contributed by atoms with Gasteiger partial charge in [-0.15, -0.1) is 0 Å². The monoisotopic (exact) mass is 234 g/mol. The van der Waals surface area contributed by atoms with Gasteiger partial charge < -0.3 is 24.5 Å². The Labute approximate surface area is 92.0 Å². The molecule has 16 heavy (non-hydrogen) atoms. The molecule has 0 aliphatic carbocycles. The van der Waals surface area contributed by atoms with E-state index in [0.29, 0.717) is 6.29 Å². The predicted molar refractivity (Wildman–Crippen MR) is 50.3 cm³/mol. The highest BCUT2D eigenvalue weighted by atomic mass is 16.6. The average molecular weight is 234 g/mol. The molecule has 0 aromatic heterocycles. The molecule has 0 aliphatic rings. The molecule has 7 nitrogen and oxygen atoms in total. The van der Waals surface area contributed by atoms with Crippen molar-refractivity contribution in [3.63, 3.8) is 0 Å². The summed E-state index contributed by atoms with van der Waals surface area (Å²) >= 11 is 0. The van der Waals surface area contributed by atoms with Crippen LogP contribution >= 0.6 is 0 Å². The maximum absolute atomic E-state index is 11.2. The molecule has 92 valence electrons. The molecule has 0 saturated carbocycles. The molecule has 1 atom stereocenters. The lowest BCUT2D eigenvalue weighted by Crippen LogP contribution is -2.30. The van der Waals surface area contributed by atoms with Gasteiger partial charge in [-0.3, -0.25) is 4.79 Å². The van der Waals surface area contributed by atoms with Crippen molar-refractivity contribution in [2.45, 2.75) is 18.9 Å². The smallest absolute Gasteiger partial charge is 0.347 e. The number of ether oxygens (including phenoxy) is 2. The molecule has 0 rings (SSSR count). The first-order chi connectivity index (χ1) is 7.65. The number of hydrogen-bond acceptors (Lipinski definition) is 7. The van der Waals surface area contributed by atoms with E-state index in [-0.39, 0.29) is 26.1 Å². The van der Waals surface area contributed by atoms with E-state index in [1.807, 2.05) is 0 Å². The normalized spacial score (nSPS) is 11.6. The van der Waals surface area contributed by atoms with Crippen LogP contribution in [0.15, 0.2) is 0 Å². The lowest BCUT2D eigenvalue weighted by molar-refractivity contribution is -0.169. The van der Waals surface area contributed by atoms with Crippen LogP contribution in [0.5, 0.6) is 0 Å². The number of aldehydes is 1. The maximum atomic E-state index is 11.2. The van der Waals surface area contributed by atoms with E-state index < -0.39 is 24.6 Å². The number of aliphatic hydroxyl groups is 2. The van der Waals surface area contributed by atoms with Crippen LogP contribution in [0.1, 0.15) is 12.8 Å². The Bertz CT molecular complexity index is 238. The highest BCUT2D eigenvalue weighted by Crippen LogP contribution is 2.02. The summed E-state index contributed by atoms with van der Waals surface area (Å²) in [7, 11) is 0. The second-order valence-electron chi connectivity index (χ2n) is 2.75. The van der Waals surface area contributed by atoms with Crippen LogP contribution in [0.4, 0.5) is 0 Å². The second-order valence-corrected chi connectivity index (χ2v) is 2.75. The van der Waals surface area contributed by atoms with Crippen LogP contribution in [-0.2, 0) is 23.9 Å². The highest BCUT2D eigenvalue weighted by Gasteiger charge is 2.23. The van der Waals surface area contributed by atoms with Gasteiger partial charge in [0.1, 0.15) is 12.9 Å². The first kappa shape index (κ1) is 14.5. The van der Waals surface area contributed by atoms with Gasteiger partial charge in [0, 0.05) is 0 Å². The molecule has 0 aromatic carbocycles. The molecule has 0 bridgehead atoms. The molecule has 0 radical (unpaired) electrons. The Morgan fingerprint density at radius 1 is 1.25 bits per heavy atom. The van der Waals surface area contributed by atoms with Gasteiger partial charge in [-0.2, -0.15) is 0 Å². The molecule has 0 spiro atoms. The molecule has 1 unspecified atom stereocenters. The Kier molecular flexibility index (Phi) is 8.00. The third-order valence-corrected chi connectivity index (χ3v) is 1.50. The molecule has 0 saturated heterocycles. The minimum absolute atomic E-state index is 0.230. The quantitative estimate of drug-likeness (QED) is 0.384. The van der Waals surface area contributed by atoms with Crippen molar-refractivity contribution in [1.29, 1.82) is 0 Å². The van der Waals surface area contributed by atoms with Crippen molar-refractivity contribution < 1.29 is 34.1 Å². The lowest BCUT2D eigenvalue weighted by Gasteiger charge is -2.13. The van der Waals surface area contributed by atoms with E-state index in [2.05, 4.69) is 9.47 Å². The second kappa shape index (κ2) is 8.81. The van der Waals surface area contributed by atoms with E-state index in [4.69, 9.17) is 10.2 Å². The predicted octanol–water partition coefficient (Wildman–Crippen LogP) is -1.59. The first-order valence-electron chi connectivity index (χ1n) is 4.67. The maximum Gasteiger partial charge on any atom is 0.347 e. The van der Waals surface area contributed by atoms with E-state index in [1.165, 1.54) is 0 Å². The fourth-order valence-electron chi connectivity index (χ4n) is 0.828. The van der Waals surface area contributed by atoms with Crippen LogP contribution in [0.25, 0.3) is 0 Å². The molecular formula is C9H14O7. The topological polar surface area (TPSA) is 110 Å². The Morgan fingerprint density at radius 3 is 2.44 bits per heavy atom. The van der Waals surface area contributed by atoms with Crippen molar-refractivity contribution in [1.82, 2.24) is 0 Å². The third kappa shape index (κ3) is 6.10. The molecular weight excluding hydrogens is 220 g/mol. The zero-order chi connectivity index (χ0) is 12.4. The zero-order valence-electron chi connectivity index (χ0n) is 8.63. The minimum atomic E-state index is -1.32. The molecule has 7 heteroatoms. The van der Waals surface area contributed by atoms with Gasteiger partial charge >= 0.3 is 11.9 Å². The summed E-state index contributed by atoms with van der Waals surface area (Å²) in [5, 5.41) is 16.8. The molecule has 0 fully saturated rings. The van der Waals surface area contributed by atoms with Gasteiger partial charge in [0.15, 0.2) is 0 Å². The standard InChI is InChI=1S/C9H14O7/c10-3-1-7(9(14)15-6-5-12)16-8(13)2-4-11/h3,7,11-12H,1-2,4-6H2. The van der Waals surface area contributed by atoms with Gasteiger partial charge in [0.25, 0.3) is 0 Å². The van der Waals surface area contributed by atoms with Crippen molar-refractivity contribution in [3.8, 4) is 0 Å². The van der Waals surface area contributed by atoms with E-state index in [1.54, 1.807) is 0 Å². The summed E-state index contributed by atoms with van der Waals surface area (Å²) in [4.78, 5) is 32.4. The molecule has 2 N–H and O–H groups in total. The van der Waals surface area contributed by atoms with Crippen molar-refractivity contribution >= 4 is 18.2 Å². The zero-order valence-corrected chi connectivity index (χ0v) is 8.63. The molecule has 0 aromatic rings. The summed E-state index contributed by atoms with van der Waals surface area (Å²) in [6.07, 6.45) is -1.48. The van der Waals surface area contributed by atoms with E-state index in [0.717, 1.165) is 0 Å². The van der Waals surface area contributed by atoms with Crippen molar-refractivity contribution in [2.24, 2.45) is 0 Å². The Hall–Kier alpha value is -1.47. The molecule has 0 amide bonds. The van der Waals surface area contributed by atoms with E-state index >= 15 is 0 Å². The molecule has 0 heterocycles. The van der Waals surface area contributed by atoms with Gasteiger partial charge in [0.05, 0.1) is 26.1 Å². The largest absolute Gasteiger partial charge is 0.460 e. The number of carbonyl (C=O) groups excluding carboxylic acids is 3. The van der Waals surface area contributed by atoms with Crippen LogP contribution in [-0.4, -0.2) is 54.4 Å². The van der Waals surface area contributed by atoms with Gasteiger partial charge in [-0.05, 0) is 0 Å². The van der Waals surface area contributed by atoms with Gasteiger partial charge in [-0.25, -0.2) is 4.79 Å². The fraction of sp³-hybridized carbons (Fsp3) is 0.667. The fourth-order valence-corrected chi connectivity index (χ4v) is 0.828. The van der Waals surface area contributed by atoms with Crippen LogP contribution in [0.2, 0.25) is 0 Å². The van der Waals surface area contributed by atoms with E-state index in [9.17, 15) is 14.4 Å². The molecule has 0 aliphatic heterocycles. The summed E-state index contributed by atoms with van der Waals surface area (Å²) < 4.78 is 9.10. The van der Waals surface area contributed by atoms with Crippen LogP contribution in [0, 0.1) is 0 Å². The van der Waals surface area contributed by atoms with Crippen LogP contribution < -0.4 is 0 Å².